The van der Waals surface area contributed by atoms with Crippen molar-refractivity contribution in [2.75, 3.05) is 17.8 Å². The molecule has 0 atom stereocenters. The zero-order valence-corrected chi connectivity index (χ0v) is 7.66. The predicted molar refractivity (Wildman–Crippen MR) is 48.7 cm³/mol. The van der Waals surface area contributed by atoms with Crippen molar-refractivity contribution in [1.82, 2.24) is 9.78 Å². The first kappa shape index (κ1) is 10.0. The number of carbonyl (C=O) groups is 1. The highest BCUT2D eigenvalue weighted by Gasteiger charge is 2.01. The van der Waals surface area contributed by atoms with Gasteiger partial charge in [0.25, 0.3) is 0 Å². The van der Waals surface area contributed by atoms with Gasteiger partial charge in [0.2, 0.25) is 5.91 Å². The minimum absolute atomic E-state index is 0.0184. The lowest BCUT2D eigenvalue weighted by molar-refractivity contribution is -0.113. The summed E-state index contributed by atoms with van der Waals surface area (Å²) in [6.07, 6.45) is 3.13. The normalized spacial score (nSPS) is 10.0. The Balaban J connectivity index is 2.53. The van der Waals surface area contributed by atoms with Crippen LogP contribution in [0, 0.1) is 0 Å². The molecule has 0 saturated heterocycles. The Morgan fingerprint density at radius 3 is 3.15 bits per heavy atom. The van der Waals surface area contributed by atoms with Crippen LogP contribution in [0.25, 0.3) is 0 Å². The first-order valence-electron chi connectivity index (χ1n) is 3.75. The molecule has 2 N–H and O–H groups in total. The number of aromatic nitrogens is 2. The van der Waals surface area contributed by atoms with Crippen molar-refractivity contribution in [1.29, 1.82) is 0 Å². The summed E-state index contributed by atoms with van der Waals surface area (Å²) in [6.45, 7) is 0.432. The van der Waals surface area contributed by atoms with E-state index in [0.717, 1.165) is 0 Å². The highest BCUT2D eigenvalue weighted by Crippen LogP contribution is 2.04. The molecule has 0 radical (unpaired) electrons. The van der Waals surface area contributed by atoms with Crippen LogP contribution in [0.15, 0.2) is 12.4 Å². The summed E-state index contributed by atoms with van der Waals surface area (Å²) in [5.41, 5.74) is 0.583. The molecule has 0 aliphatic rings. The number of hydrogen-bond donors (Lipinski definition) is 2. The molecule has 0 aliphatic carbocycles. The fraction of sp³-hybridized carbons (Fsp3) is 0.429. The number of nitrogens with one attached hydrogen (secondary N) is 1. The third kappa shape index (κ3) is 3.04. The number of alkyl halides is 1. The van der Waals surface area contributed by atoms with Gasteiger partial charge in [-0.3, -0.25) is 9.48 Å². The monoisotopic (exact) mass is 203 g/mol. The lowest BCUT2D eigenvalue weighted by Gasteiger charge is -1.97. The van der Waals surface area contributed by atoms with Gasteiger partial charge in [0.05, 0.1) is 25.0 Å². The van der Waals surface area contributed by atoms with Gasteiger partial charge in [-0.25, -0.2) is 0 Å². The average molecular weight is 204 g/mol. The summed E-state index contributed by atoms with van der Waals surface area (Å²) in [4.78, 5) is 10.8. The molecule has 1 aromatic heterocycles. The smallest absolute Gasteiger partial charge is 0.239 e. The SMILES string of the molecule is O=C(CCl)Nc1cnn(CCO)c1. The van der Waals surface area contributed by atoms with E-state index in [-0.39, 0.29) is 18.4 Å². The van der Waals surface area contributed by atoms with Gasteiger partial charge in [0.15, 0.2) is 0 Å². The van der Waals surface area contributed by atoms with Crippen molar-refractivity contribution >= 4 is 23.2 Å². The number of aliphatic hydroxyl groups excluding tert-OH is 1. The van der Waals surface area contributed by atoms with Crippen LogP contribution in [0.3, 0.4) is 0 Å². The van der Waals surface area contributed by atoms with Gasteiger partial charge in [-0.05, 0) is 0 Å². The minimum Gasteiger partial charge on any atom is -0.394 e. The van der Waals surface area contributed by atoms with Crippen molar-refractivity contribution in [2.45, 2.75) is 6.54 Å². The van der Waals surface area contributed by atoms with E-state index in [1.807, 2.05) is 0 Å². The molecule has 0 aliphatic heterocycles. The molecule has 13 heavy (non-hydrogen) atoms. The Kier molecular flexibility index (Phi) is 3.72. The van der Waals surface area contributed by atoms with Crippen LogP contribution in [-0.4, -0.2) is 33.3 Å². The van der Waals surface area contributed by atoms with Crippen LogP contribution in [0.5, 0.6) is 0 Å². The Labute approximate surface area is 80.3 Å². The van der Waals surface area contributed by atoms with Crippen molar-refractivity contribution in [2.24, 2.45) is 0 Å². The van der Waals surface area contributed by atoms with Crippen LogP contribution < -0.4 is 5.32 Å². The summed E-state index contributed by atoms with van der Waals surface area (Å²) in [7, 11) is 0. The van der Waals surface area contributed by atoms with Gasteiger partial charge in [0.1, 0.15) is 5.88 Å². The number of halogens is 1. The van der Waals surface area contributed by atoms with Gasteiger partial charge in [0, 0.05) is 6.20 Å². The molecule has 0 spiro atoms. The molecule has 0 bridgehead atoms. The second-order valence-electron chi connectivity index (χ2n) is 2.40. The molecule has 0 fully saturated rings. The number of hydrogen-bond acceptors (Lipinski definition) is 3. The lowest BCUT2D eigenvalue weighted by atomic mass is 10.5. The molecule has 0 unspecified atom stereocenters. The summed E-state index contributed by atoms with van der Waals surface area (Å²) in [5, 5.41) is 15.0. The zero-order valence-electron chi connectivity index (χ0n) is 6.90. The van der Waals surface area contributed by atoms with Gasteiger partial charge < -0.3 is 10.4 Å². The van der Waals surface area contributed by atoms with E-state index in [0.29, 0.717) is 12.2 Å². The highest BCUT2D eigenvalue weighted by atomic mass is 35.5. The standard InChI is InChI=1S/C7H10ClN3O2/c8-3-7(13)10-6-4-9-11(5-6)1-2-12/h4-5,12H,1-3H2,(H,10,13). The third-order valence-corrected chi connectivity index (χ3v) is 1.61. The number of carbonyl (C=O) groups excluding carboxylic acids is 1. The molecule has 1 heterocycles. The van der Waals surface area contributed by atoms with Crippen molar-refractivity contribution in [3.05, 3.63) is 12.4 Å². The topological polar surface area (TPSA) is 67.2 Å². The molecule has 6 heteroatoms. The van der Waals surface area contributed by atoms with Gasteiger partial charge in [-0.1, -0.05) is 0 Å². The van der Waals surface area contributed by atoms with Gasteiger partial charge >= 0.3 is 0 Å². The van der Waals surface area contributed by atoms with Gasteiger partial charge in [-0.15, -0.1) is 11.6 Å². The van der Waals surface area contributed by atoms with Crippen molar-refractivity contribution in [3.8, 4) is 0 Å². The summed E-state index contributed by atoms with van der Waals surface area (Å²) in [6, 6.07) is 0. The second kappa shape index (κ2) is 4.84. The maximum atomic E-state index is 10.8. The van der Waals surface area contributed by atoms with Crippen LogP contribution in [-0.2, 0) is 11.3 Å². The Bertz CT molecular complexity index is 287. The van der Waals surface area contributed by atoms with E-state index in [2.05, 4.69) is 10.4 Å². The minimum atomic E-state index is -0.273. The molecule has 1 aromatic rings. The second-order valence-corrected chi connectivity index (χ2v) is 2.66. The first-order valence-corrected chi connectivity index (χ1v) is 4.29. The predicted octanol–water partition coefficient (Wildman–Crippen LogP) is 0.0527. The lowest BCUT2D eigenvalue weighted by Crippen LogP contribution is -2.11. The summed E-state index contributed by atoms with van der Waals surface area (Å²) in [5.74, 6) is -0.351. The maximum absolute atomic E-state index is 10.8. The molecule has 0 saturated carbocycles. The van der Waals surface area contributed by atoms with E-state index in [4.69, 9.17) is 16.7 Å². The average Bonchev–Trinajstić information content (AvgIpc) is 2.53. The molecule has 5 nitrogen and oxygen atoms in total. The van der Waals surface area contributed by atoms with E-state index in [1.54, 1.807) is 6.20 Å². The summed E-state index contributed by atoms with van der Waals surface area (Å²) < 4.78 is 1.53. The van der Waals surface area contributed by atoms with E-state index in [9.17, 15) is 4.79 Å². The first-order chi connectivity index (χ1) is 6.26. The largest absolute Gasteiger partial charge is 0.394 e. The van der Waals surface area contributed by atoms with Crippen molar-refractivity contribution in [3.63, 3.8) is 0 Å². The summed E-state index contributed by atoms with van der Waals surface area (Å²) >= 11 is 5.29. The fourth-order valence-corrected chi connectivity index (χ4v) is 0.914. The molecule has 1 rings (SSSR count). The Hall–Kier alpha value is -1.07. The highest BCUT2D eigenvalue weighted by molar-refractivity contribution is 6.29. The zero-order chi connectivity index (χ0) is 9.68. The van der Waals surface area contributed by atoms with Gasteiger partial charge in [-0.2, -0.15) is 5.10 Å². The van der Waals surface area contributed by atoms with Crippen LogP contribution in [0.1, 0.15) is 0 Å². The van der Waals surface area contributed by atoms with E-state index in [1.165, 1.54) is 10.9 Å². The number of rotatable bonds is 4. The van der Waals surface area contributed by atoms with Crippen LogP contribution in [0.4, 0.5) is 5.69 Å². The molecule has 0 aromatic carbocycles. The number of amides is 1. The van der Waals surface area contributed by atoms with Crippen molar-refractivity contribution < 1.29 is 9.90 Å². The number of aliphatic hydroxyl groups is 1. The van der Waals surface area contributed by atoms with Crippen LogP contribution in [0.2, 0.25) is 0 Å². The molecular formula is C7H10ClN3O2. The Morgan fingerprint density at radius 2 is 2.54 bits per heavy atom. The molecular weight excluding hydrogens is 194 g/mol. The molecule has 1 amide bonds. The number of anilines is 1. The van der Waals surface area contributed by atoms with Crippen LogP contribution >= 0.6 is 11.6 Å². The fourth-order valence-electron chi connectivity index (χ4n) is 0.847. The van der Waals surface area contributed by atoms with E-state index < -0.39 is 0 Å². The van der Waals surface area contributed by atoms with E-state index >= 15 is 0 Å². The quantitative estimate of drug-likeness (QED) is 0.680. The molecule has 72 valence electrons. The maximum Gasteiger partial charge on any atom is 0.239 e. The Morgan fingerprint density at radius 1 is 1.77 bits per heavy atom. The number of nitrogens with zero attached hydrogens (tertiary/aromatic N) is 2. The third-order valence-electron chi connectivity index (χ3n) is 1.37.